The van der Waals surface area contributed by atoms with Gasteiger partial charge in [-0.15, -0.1) is 18.3 Å². The smallest absolute Gasteiger partial charge is 0.346 e. The molecule has 2 saturated carbocycles. The van der Waals surface area contributed by atoms with Gasteiger partial charge in [0, 0.05) is 31.5 Å². The number of alkyl halides is 3. The molecule has 51 heavy (non-hydrogen) atoms. The number of fused-ring (bicyclic) bond motifs is 1. The third-order valence-electron chi connectivity index (χ3n) is 10.5. The van der Waals surface area contributed by atoms with E-state index in [1.54, 1.807) is 38.7 Å². The van der Waals surface area contributed by atoms with Crippen LogP contribution in [-0.4, -0.2) is 88.1 Å². The van der Waals surface area contributed by atoms with Crippen molar-refractivity contribution < 1.29 is 37.1 Å². The van der Waals surface area contributed by atoms with Crippen LogP contribution in [0, 0.1) is 22.7 Å². The quantitative estimate of drug-likeness (QED) is 0.122. The normalized spacial score (nSPS) is 23.2. The molecule has 2 aliphatic carbocycles. The third-order valence-corrected chi connectivity index (χ3v) is 11.7. The number of piperidine rings is 1. The molecule has 0 radical (unpaired) electrons. The lowest BCUT2D eigenvalue weighted by Gasteiger charge is -2.40. The Morgan fingerprint density at radius 3 is 2.35 bits per heavy atom. The Morgan fingerprint density at radius 2 is 1.76 bits per heavy atom. The van der Waals surface area contributed by atoms with Crippen molar-refractivity contribution in [1.29, 1.82) is 0 Å². The van der Waals surface area contributed by atoms with Gasteiger partial charge in [0.1, 0.15) is 12.1 Å². The molecule has 11 nitrogen and oxygen atoms in total. The molecule has 3 aliphatic rings. The highest BCUT2D eigenvalue weighted by Crippen LogP contribution is 2.65. The number of urea groups is 1. The Labute approximate surface area is 302 Å². The first kappa shape index (κ1) is 40.2. The average molecular weight is 737 g/mol. The van der Waals surface area contributed by atoms with Gasteiger partial charge in [0.05, 0.1) is 16.6 Å². The summed E-state index contributed by atoms with van der Waals surface area (Å²) in [5.74, 6) is -3.52. The first-order chi connectivity index (χ1) is 23.8. The van der Waals surface area contributed by atoms with Crippen molar-refractivity contribution in [3.8, 4) is 0 Å². The maximum absolute atomic E-state index is 14.4. The fourth-order valence-corrected chi connectivity index (χ4v) is 8.55. The predicted molar refractivity (Wildman–Crippen MR) is 187 cm³/mol. The first-order valence-electron chi connectivity index (χ1n) is 17.5. The fourth-order valence-electron chi connectivity index (χ4n) is 7.46. The van der Waals surface area contributed by atoms with Crippen LogP contribution in [0.1, 0.15) is 79.6 Å². The van der Waals surface area contributed by atoms with Crippen molar-refractivity contribution in [2.45, 2.75) is 114 Å². The number of likely N-dealkylation sites (tertiary alicyclic amines) is 1. The van der Waals surface area contributed by atoms with Crippen LogP contribution >= 0.6 is 11.8 Å². The van der Waals surface area contributed by atoms with Crippen LogP contribution in [0.25, 0.3) is 0 Å². The van der Waals surface area contributed by atoms with E-state index in [-0.39, 0.29) is 30.3 Å². The van der Waals surface area contributed by atoms with Crippen molar-refractivity contribution in [2.24, 2.45) is 22.7 Å². The fraction of sp³-hybridized carbons (Fsp3) is 0.667. The Bertz CT molecular complexity index is 1460. The number of rotatable bonds is 14. The van der Waals surface area contributed by atoms with Crippen LogP contribution in [0.2, 0.25) is 0 Å². The van der Waals surface area contributed by atoms with Gasteiger partial charge in [0.25, 0.3) is 5.91 Å². The number of halogens is 3. The number of nitrogens with one attached hydrogen (secondary N) is 4. The molecule has 1 unspecified atom stereocenters. The van der Waals surface area contributed by atoms with E-state index in [9.17, 15) is 37.1 Å². The largest absolute Gasteiger partial charge is 0.389 e. The summed E-state index contributed by atoms with van der Waals surface area (Å²) < 4.78 is 39.7. The van der Waals surface area contributed by atoms with Crippen LogP contribution in [0.5, 0.6) is 0 Å². The molecule has 0 bridgehead atoms. The van der Waals surface area contributed by atoms with Crippen molar-refractivity contribution in [1.82, 2.24) is 31.2 Å². The molecule has 1 aliphatic heterocycles. The number of pyridine rings is 1. The minimum absolute atomic E-state index is 0.0824. The standard InChI is InChI=1S/C36H51F3N6O5S/c1-7-18-41-30(48)27(46)23(14-17-36(37,38)39)42-29(47)26-25-22(34(25,5)6)20-45(26)31(49)28(33(2,3)4)43-32(50)44-35(15-10-8-11-16-35)21-51-24-13-9-12-19-40-24/h7,9,12-13,19,22-23,25-26,28H,1,8,10-11,14-18,20-21H2,2-6H3,(H,41,48)(H,42,47)(H2,43,44,50)/t22-,23?,25-,26-,28+/m0/s1. The van der Waals surface area contributed by atoms with Gasteiger partial charge in [-0.05, 0) is 54.1 Å². The monoisotopic (exact) mass is 736 g/mol. The molecular weight excluding hydrogens is 685 g/mol. The van der Waals surface area contributed by atoms with Gasteiger partial charge in [-0.2, -0.15) is 13.2 Å². The molecule has 2 heterocycles. The number of amides is 5. The van der Waals surface area contributed by atoms with E-state index in [1.807, 2.05) is 32.0 Å². The van der Waals surface area contributed by atoms with Crippen LogP contribution < -0.4 is 21.3 Å². The number of aromatic nitrogens is 1. The third kappa shape index (κ3) is 10.0. The molecule has 0 spiro atoms. The van der Waals surface area contributed by atoms with Gasteiger partial charge >= 0.3 is 12.2 Å². The Hall–Kier alpha value is -3.62. The zero-order chi connectivity index (χ0) is 37.8. The van der Waals surface area contributed by atoms with E-state index in [1.165, 1.54) is 11.0 Å². The number of carbonyl (C=O) groups is 5. The maximum atomic E-state index is 14.4. The molecule has 5 amide bonds. The number of hydrogen-bond donors (Lipinski definition) is 4. The van der Waals surface area contributed by atoms with Crippen LogP contribution in [0.15, 0.2) is 42.1 Å². The van der Waals surface area contributed by atoms with E-state index < -0.39 is 77.6 Å². The molecule has 4 rings (SSSR count). The lowest BCUT2D eigenvalue weighted by atomic mass is 9.83. The van der Waals surface area contributed by atoms with Gasteiger partial charge in [-0.1, -0.05) is 66.0 Å². The average Bonchev–Trinajstić information content (AvgIpc) is 3.37. The molecule has 5 atom stereocenters. The second kappa shape index (κ2) is 16.0. The number of hydrogen-bond acceptors (Lipinski definition) is 7. The molecule has 282 valence electrons. The van der Waals surface area contributed by atoms with Gasteiger partial charge in [-0.3, -0.25) is 19.2 Å². The Morgan fingerprint density at radius 1 is 1.08 bits per heavy atom. The van der Waals surface area contributed by atoms with Gasteiger partial charge in [0.2, 0.25) is 17.6 Å². The van der Waals surface area contributed by atoms with Crippen LogP contribution in [0.3, 0.4) is 0 Å². The highest BCUT2D eigenvalue weighted by atomic mass is 32.2. The molecular formula is C36H51F3N6O5S. The molecule has 4 N–H and O–H groups in total. The molecule has 15 heteroatoms. The summed E-state index contributed by atoms with van der Waals surface area (Å²) in [4.78, 5) is 73.3. The van der Waals surface area contributed by atoms with Gasteiger partial charge in [0.15, 0.2) is 0 Å². The number of Topliss-reactive ketones (excluding diaryl/α,β-unsaturated/α-hetero) is 1. The topological polar surface area (TPSA) is 150 Å². The van der Waals surface area contributed by atoms with E-state index in [2.05, 4.69) is 32.8 Å². The molecule has 0 aromatic carbocycles. The lowest BCUT2D eigenvalue weighted by molar-refractivity contribution is -0.148. The molecule has 1 aromatic heterocycles. The summed E-state index contributed by atoms with van der Waals surface area (Å²) in [6.07, 6.45) is 0.599. The maximum Gasteiger partial charge on any atom is 0.389 e. The zero-order valence-electron chi connectivity index (χ0n) is 30.0. The second-order valence-corrected chi connectivity index (χ2v) is 16.7. The number of thioether (sulfide) groups is 1. The number of nitrogens with zero attached hydrogens (tertiary/aromatic N) is 2. The van der Waals surface area contributed by atoms with Crippen molar-refractivity contribution in [3.05, 3.63) is 37.1 Å². The number of carbonyl (C=O) groups excluding carboxylic acids is 5. The summed E-state index contributed by atoms with van der Waals surface area (Å²) in [7, 11) is 0. The minimum Gasteiger partial charge on any atom is -0.346 e. The molecule has 1 saturated heterocycles. The highest BCUT2D eigenvalue weighted by molar-refractivity contribution is 7.99. The van der Waals surface area contributed by atoms with Crippen LogP contribution in [0.4, 0.5) is 18.0 Å². The molecule has 3 fully saturated rings. The summed E-state index contributed by atoms with van der Waals surface area (Å²) in [5, 5.41) is 11.6. The highest BCUT2D eigenvalue weighted by Gasteiger charge is 2.70. The second-order valence-electron chi connectivity index (χ2n) is 15.7. The van der Waals surface area contributed by atoms with E-state index in [4.69, 9.17) is 0 Å². The van der Waals surface area contributed by atoms with Crippen LogP contribution in [-0.2, 0) is 19.2 Å². The summed E-state index contributed by atoms with van der Waals surface area (Å²) in [6.45, 7) is 12.8. The van der Waals surface area contributed by atoms with E-state index in [0.29, 0.717) is 5.75 Å². The zero-order valence-corrected chi connectivity index (χ0v) is 30.8. The summed E-state index contributed by atoms with van der Waals surface area (Å²) >= 11 is 1.56. The van der Waals surface area contributed by atoms with Crippen molar-refractivity contribution in [2.75, 3.05) is 18.8 Å². The molecule has 1 aromatic rings. The van der Waals surface area contributed by atoms with Gasteiger partial charge < -0.3 is 26.2 Å². The SMILES string of the molecule is C=CCNC(=O)C(=O)C(CCC(F)(F)F)NC(=O)[C@@H]1[C@@H]2[C@H](CN1C(=O)[C@@H](NC(=O)NC1(CSc3ccccn3)CCCCC1)C(C)(C)C)C2(C)C. The lowest BCUT2D eigenvalue weighted by Crippen LogP contribution is -2.63. The Kier molecular flexibility index (Phi) is 12.6. The number of ketones is 1. The summed E-state index contributed by atoms with van der Waals surface area (Å²) in [5.41, 5.74) is -1.67. The van der Waals surface area contributed by atoms with Gasteiger partial charge in [-0.25, -0.2) is 9.78 Å². The first-order valence-corrected chi connectivity index (χ1v) is 18.5. The van der Waals surface area contributed by atoms with E-state index in [0.717, 1.165) is 37.1 Å². The van der Waals surface area contributed by atoms with Crippen molar-refractivity contribution in [3.63, 3.8) is 0 Å². The minimum atomic E-state index is -4.64. The Balaban J connectivity index is 1.53. The van der Waals surface area contributed by atoms with Crippen molar-refractivity contribution >= 4 is 41.3 Å². The van der Waals surface area contributed by atoms with E-state index >= 15 is 0 Å². The summed E-state index contributed by atoms with van der Waals surface area (Å²) in [6, 6.07) is 1.19. The predicted octanol–water partition coefficient (Wildman–Crippen LogP) is 4.77.